The monoisotopic (exact) mass is 410 g/mol. The molecule has 21 heavy (non-hydrogen) atoms. The molecule has 0 spiro atoms. The predicted molar refractivity (Wildman–Crippen MR) is 85.4 cm³/mol. The smallest absolute Gasteiger partial charge is 0.271 e. The van der Waals surface area contributed by atoms with Crippen LogP contribution in [-0.4, -0.2) is 16.8 Å². The summed E-state index contributed by atoms with van der Waals surface area (Å²) in [6.45, 7) is 1.76. The molecule has 0 radical (unpaired) electrons. The molecule has 0 saturated carbocycles. The summed E-state index contributed by atoms with van der Waals surface area (Å²) >= 11 is 4.29. The van der Waals surface area contributed by atoms with Gasteiger partial charge in [-0.25, -0.2) is 22.0 Å². The van der Waals surface area contributed by atoms with Crippen molar-refractivity contribution in [3.63, 3.8) is 0 Å². The first-order valence-corrected chi connectivity index (χ1v) is 10.2. The largest absolute Gasteiger partial charge is 0.278 e. The molecule has 0 aliphatic heterocycles. The van der Waals surface area contributed by atoms with Crippen molar-refractivity contribution in [1.82, 2.24) is 0 Å². The van der Waals surface area contributed by atoms with Gasteiger partial charge < -0.3 is 0 Å². The summed E-state index contributed by atoms with van der Waals surface area (Å²) in [5.74, 6) is 0. The summed E-state index contributed by atoms with van der Waals surface area (Å²) in [6, 6.07) is 7.05. The zero-order valence-electron chi connectivity index (χ0n) is 10.7. The minimum absolute atomic E-state index is 0.0797. The van der Waals surface area contributed by atoms with Gasteiger partial charge in [-0.3, -0.25) is 4.72 Å². The van der Waals surface area contributed by atoms with Crippen LogP contribution in [0.3, 0.4) is 0 Å². The first kappa shape index (κ1) is 16.4. The van der Waals surface area contributed by atoms with Crippen molar-refractivity contribution in [3.05, 3.63) is 39.7 Å². The van der Waals surface area contributed by atoms with Crippen molar-refractivity contribution in [2.24, 2.45) is 5.14 Å². The van der Waals surface area contributed by atoms with E-state index in [0.717, 1.165) is 16.9 Å². The molecule has 0 fully saturated rings. The van der Waals surface area contributed by atoms with E-state index in [-0.39, 0.29) is 14.8 Å². The SMILES string of the molecule is Cc1cc(S(=O)(=O)Nc2ccccc2S(N)(=O)=O)sc1Br. The van der Waals surface area contributed by atoms with Crippen LogP contribution in [0.2, 0.25) is 0 Å². The number of para-hydroxylation sites is 1. The maximum atomic E-state index is 12.3. The zero-order chi connectivity index (χ0) is 15.8. The minimum atomic E-state index is -4.02. The van der Waals surface area contributed by atoms with Gasteiger partial charge in [-0.2, -0.15) is 0 Å². The van der Waals surface area contributed by atoms with Gasteiger partial charge in [0.1, 0.15) is 9.10 Å². The maximum absolute atomic E-state index is 12.3. The molecule has 6 nitrogen and oxygen atoms in total. The molecule has 0 atom stereocenters. The first-order valence-electron chi connectivity index (χ1n) is 5.52. The van der Waals surface area contributed by atoms with E-state index in [0.29, 0.717) is 3.79 Å². The normalized spacial score (nSPS) is 12.3. The van der Waals surface area contributed by atoms with Gasteiger partial charge in [0.25, 0.3) is 10.0 Å². The van der Waals surface area contributed by atoms with Crippen LogP contribution in [-0.2, 0) is 20.0 Å². The number of sulfonamides is 2. The average Bonchev–Trinajstić information content (AvgIpc) is 2.69. The van der Waals surface area contributed by atoms with Crippen LogP contribution in [0.4, 0.5) is 5.69 Å². The number of thiophene rings is 1. The summed E-state index contributed by atoms with van der Waals surface area (Å²) in [5, 5.41) is 5.08. The number of nitrogens with two attached hydrogens (primary N) is 1. The number of benzene rings is 1. The molecular formula is C11H11BrN2O4S3. The highest BCUT2D eigenvalue weighted by Gasteiger charge is 2.22. The van der Waals surface area contributed by atoms with Gasteiger partial charge in [0, 0.05) is 0 Å². The van der Waals surface area contributed by atoms with Crippen molar-refractivity contribution in [3.8, 4) is 0 Å². The van der Waals surface area contributed by atoms with Crippen LogP contribution in [0.25, 0.3) is 0 Å². The van der Waals surface area contributed by atoms with E-state index >= 15 is 0 Å². The lowest BCUT2D eigenvalue weighted by Crippen LogP contribution is -2.18. The van der Waals surface area contributed by atoms with Crippen molar-refractivity contribution in [1.29, 1.82) is 0 Å². The third kappa shape index (κ3) is 3.64. The highest BCUT2D eigenvalue weighted by molar-refractivity contribution is 9.11. The molecule has 10 heteroatoms. The fraction of sp³-hybridized carbons (Fsp3) is 0.0909. The quantitative estimate of drug-likeness (QED) is 0.805. The summed E-state index contributed by atoms with van der Waals surface area (Å²) in [7, 11) is -7.90. The Morgan fingerprint density at radius 3 is 2.33 bits per heavy atom. The van der Waals surface area contributed by atoms with Gasteiger partial charge in [0.2, 0.25) is 10.0 Å². The van der Waals surface area contributed by atoms with Crippen LogP contribution in [0, 0.1) is 6.92 Å². The van der Waals surface area contributed by atoms with Gasteiger partial charge in [-0.1, -0.05) is 12.1 Å². The molecule has 0 bridgehead atoms. The molecule has 1 aromatic heterocycles. The Hall–Kier alpha value is -0.940. The van der Waals surface area contributed by atoms with Crippen LogP contribution < -0.4 is 9.86 Å². The second kappa shape index (κ2) is 5.69. The number of primary sulfonamides is 1. The Morgan fingerprint density at radius 2 is 1.81 bits per heavy atom. The third-order valence-corrected chi connectivity index (χ3v) is 7.48. The number of hydrogen-bond acceptors (Lipinski definition) is 5. The van der Waals surface area contributed by atoms with E-state index in [9.17, 15) is 16.8 Å². The molecule has 3 N–H and O–H groups in total. The van der Waals surface area contributed by atoms with Crippen molar-refractivity contribution >= 4 is 53.0 Å². The number of nitrogens with one attached hydrogen (secondary N) is 1. The number of rotatable bonds is 4. The summed E-state index contributed by atoms with van der Waals surface area (Å²) in [4.78, 5) is -0.277. The summed E-state index contributed by atoms with van der Waals surface area (Å²) in [6.07, 6.45) is 0. The van der Waals surface area contributed by atoms with Gasteiger partial charge in [0.05, 0.1) is 9.47 Å². The van der Waals surface area contributed by atoms with Crippen LogP contribution in [0.15, 0.2) is 43.2 Å². The summed E-state index contributed by atoms with van der Waals surface area (Å²) < 4.78 is 50.6. The predicted octanol–water partition coefficient (Wildman–Crippen LogP) is 2.27. The molecule has 2 rings (SSSR count). The van der Waals surface area contributed by atoms with Gasteiger partial charge in [-0.15, -0.1) is 11.3 Å². The Kier molecular flexibility index (Phi) is 4.45. The summed E-state index contributed by atoms with van der Waals surface area (Å²) in [5.41, 5.74) is 0.697. The Balaban J connectivity index is 2.47. The maximum Gasteiger partial charge on any atom is 0.271 e. The minimum Gasteiger partial charge on any atom is -0.278 e. The molecule has 2 aromatic rings. The third-order valence-electron chi connectivity index (χ3n) is 2.54. The number of aryl methyl sites for hydroxylation is 1. The lowest BCUT2D eigenvalue weighted by Gasteiger charge is -2.10. The molecule has 0 amide bonds. The molecular weight excluding hydrogens is 400 g/mol. The number of halogens is 1. The molecule has 0 aliphatic rings. The van der Waals surface area contributed by atoms with Crippen LogP contribution in [0.5, 0.6) is 0 Å². The van der Waals surface area contributed by atoms with Crippen molar-refractivity contribution in [2.75, 3.05) is 4.72 Å². The topological polar surface area (TPSA) is 106 Å². The molecule has 0 aliphatic carbocycles. The highest BCUT2D eigenvalue weighted by atomic mass is 79.9. The average molecular weight is 411 g/mol. The molecule has 114 valence electrons. The van der Waals surface area contributed by atoms with Gasteiger partial charge >= 0.3 is 0 Å². The van der Waals surface area contributed by atoms with E-state index < -0.39 is 20.0 Å². The first-order chi connectivity index (χ1) is 9.61. The standard InChI is InChI=1S/C11H11BrN2O4S3/c1-7-6-10(19-11(7)12)21(17,18)14-8-4-2-3-5-9(8)20(13,15)16/h2-6,14H,1H3,(H2,13,15,16). The van der Waals surface area contributed by atoms with E-state index in [1.807, 2.05) is 0 Å². The lowest BCUT2D eigenvalue weighted by atomic mass is 10.3. The van der Waals surface area contributed by atoms with E-state index in [1.165, 1.54) is 30.3 Å². The fourth-order valence-electron chi connectivity index (χ4n) is 1.56. The van der Waals surface area contributed by atoms with Gasteiger partial charge in [0.15, 0.2) is 0 Å². The van der Waals surface area contributed by atoms with E-state index in [2.05, 4.69) is 20.7 Å². The molecule has 0 saturated heterocycles. The van der Waals surface area contributed by atoms with E-state index in [4.69, 9.17) is 5.14 Å². The Bertz CT molecular complexity index is 868. The lowest BCUT2D eigenvalue weighted by molar-refractivity contribution is 0.598. The van der Waals surface area contributed by atoms with Gasteiger partial charge in [-0.05, 0) is 46.6 Å². The molecule has 1 heterocycles. The van der Waals surface area contributed by atoms with E-state index in [1.54, 1.807) is 6.92 Å². The Labute approximate surface area is 135 Å². The second-order valence-corrected chi connectivity index (χ2v) is 9.98. The molecule has 0 unspecified atom stereocenters. The highest BCUT2D eigenvalue weighted by Crippen LogP contribution is 2.32. The second-order valence-electron chi connectivity index (χ2n) is 4.17. The van der Waals surface area contributed by atoms with Crippen LogP contribution >= 0.6 is 27.3 Å². The van der Waals surface area contributed by atoms with Crippen molar-refractivity contribution < 1.29 is 16.8 Å². The fourth-order valence-corrected chi connectivity index (χ4v) is 5.62. The number of hydrogen-bond donors (Lipinski definition) is 2. The molecule has 1 aromatic carbocycles. The van der Waals surface area contributed by atoms with Crippen LogP contribution in [0.1, 0.15) is 5.56 Å². The number of anilines is 1. The Morgan fingerprint density at radius 1 is 1.19 bits per heavy atom. The zero-order valence-corrected chi connectivity index (χ0v) is 14.7. The van der Waals surface area contributed by atoms with Crippen molar-refractivity contribution in [2.45, 2.75) is 16.0 Å².